The van der Waals surface area contributed by atoms with Crippen LogP contribution < -0.4 is 14.9 Å². The van der Waals surface area contributed by atoms with Crippen LogP contribution >= 0.6 is 0 Å². The van der Waals surface area contributed by atoms with Crippen molar-refractivity contribution in [2.75, 3.05) is 16.8 Å². The molecule has 2 atom stereocenters. The number of carbonyl (C=O) groups excluding carboxylic acids is 1. The van der Waals surface area contributed by atoms with Crippen LogP contribution in [0.25, 0.3) is 0 Å². The molecule has 1 aromatic carbocycles. The zero-order valence-electron chi connectivity index (χ0n) is 19.7. The number of piperidine rings is 1. The summed E-state index contributed by atoms with van der Waals surface area (Å²) in [5, 5.41) is 2.90. The third kappa shape index (κ3) is 7.79. The average molecular weight is 452 g/mol. The molecular weight excluding hydrogens is 410 g/mol. The van der Waals surface area contributed by atoms with E-state index >= 15 is 0 Å². The molecule has 0 spiro atoms. The first-order chi connectivity index (χ1) is 14.8. The molecule has 2 unspecified atom stereocenters. The van der Waals surface area contributed by atoms with Gasteiger partial charge in [0.05, 0.1) is 5.69 Å². The predicted molar refractivity (Wildman–Crippen MR) is 129 cm³/mol. The van der Waals surface area contributed by atoms with E-state index in [0.717, 1.165) is 50.8 Å². The van der Waals surface area contributed by atoms with Crippen LogP contribution in [0.2, 0.25) is 0 Å². The lowest BCUT2D eigenvalue weighted by Crippen LogP contribution is -2.39. The summed E-state index contributed by atoms with van der Waals surface area (Å²) in [6.07, 6.45) is 9.87. The summed E-state index contributed by atoms with van der Waals surface area (Å²) in [6.45, 7) is 8.98. The molecule has 0 bridgehead atoms. The highest BCUT2D eigenvalue weighted by molar-refractivity contribution is 7.89. The second-order valence-electron chi connectivity index (χ2n) is 8.86. The molecular formula is C24H41N3O3S. The van der Waals surface area contributed by atoms with Crippen molar-refractivity contribution in [2.45, 2.75) is 109 Å². The van der Waals surface area contributed by atoms with Crippen LogP contribution in [0.4, 0.5) is 11.4 Å². The summed E-state index contributed by atoms with van der Waals surface area (Å²) in [4.78, 5) is 14.8. The maximum atomic E-state index is 13.2. The second-order valence-corrected chi connectivity index (χ2v) is 10.5. The molecule has 0 saturated carbocycles. The van der Waals surface area contributed by atoms with E-state index in [1.54, 1.807) is 6.07 Å². The minimum absolute atomic E-state index is 0.0613. The van der Waals surface area contributed by atoms with Crippen LogP contribution in [0.3, 0.4) is 0 Å². The van der Waals surface area contributed by atoms with E-state index in [9.17, 15) is 13.2 Å². The number of nitrogens with one attached hydrogen (secondary N) is 2. The van der Waals surface area contributed by atoms with Crippen molar-refractivity contribution in [3.63, 3.8) is 0 Å². The summed E-state index contributed by atoms with van der Waals surface area (Å²) in [6, 6.07) is 5.43. The number of carbonyl (C=O) groups is 1. The van der Waals surface area contributed by atoms with Crippen LogP contribution in [0.5, 0.6) is 0 Å². The summed E-state index contributed by atoms with van der Waals surface area (Å²) < 4.78 is 29.2. The van der Waals surface area contributed by atoms with Gasteiger partial charge in [0.1, 0.15) is 4.90 Å². The average Bonchev–Trinajstić information content (AvgIpc) is 2.73. The number of unbranched alkanes of at least 4 members (excludes halogenated alkanes) is 4. The van der Waals surface area contributed by atoms with Crippen LogP contribution in [0.15, 0.2) is 23.1 Å². The molecule has 7 heteroatoms. The Labute approximate surface area is 189 Å². The van der Waals surface area contributed by atoms with E-state index in [-0.39, 0.29) is 22.9 Å². The molecule has 1 heterocycles. The number of amides is 1. The monoisotopic (exact) mass is 451 g/mol. The number of nitrogens with zero attached hydrogens (tertiary/aromatic N) is 1. The van der Waals surface area contributed by atoms with Gasteiger partial charge in [0, 0.05) is 30.7 Å². The van der Waals surface area contributed by atoms with Crippen molar-refractivity contribution in [1.82, 2.24) is 4.72 Å². The van der Waals surface area contributed by atoms with E-state index in [1.165, 1.54) is 12.8 Å². The fourth-order valence-electron chi connectivity index (χ4n) is 4.02. The highest BCUT2D eigenvalue weighted by Gasteiger charge is 2.27. The summed E-state index contributed by atoms with van der Waals surface area (Å²) in [5.41, 5.74) is 1.26. The van der Waals surface area contributed by atoms with Gasteiger partial charge in [0.25, 0.3) is 0 Å². The van der Waals surface area contributed by atoms with Gasteiger partial charge < -0.3 is 10.2 Å². The maximum absolute atomic E-state index is 13.2. The van der Waals surface area contributed by atoms with Gasteiger partial charge in [0.15, 0.2) is 0 Å². The second kappa shape index (κ2) is 12.4. The quantitative estimate of drug-likeness (QED) is 0.415. The molecule has 1 aliphatic rings. The predicted octanol–water partition coefficient (Wildman–Crippen LogP) is 5.44. The molecule has 0 aliphatic carbocycles. The molecule has 176 valence electrons. The Balaban J connectivity index is 2.23. The number of sulfonamides is 1. The molecule has 0 radical (unpaired) electrons. The smallest absolute Gasteiger partial charge is 0.242 e. The van der Waals surface area contributed by atoms with Crippen molar-refractivity contribution in [1.29, 1.82) is 0 Å². The number of hydrogen-bond donors (Lipinski definition) is 2. The minimum atomic E-state index is -3.70. The van der Waals surface area contributed by atoms with E-state index in [1.807, 2.05) is 26.0 Å². The van der Waals surface area contributed by atoms with Crippen molar-refractivity contribution in [2.24, 2.45) is 0 Å². The molecule has 6 nitrogen and oxygen atoms in total. The third-order valence-electron chi connectivity index (χ3n) is 6.12. The normalized spacial score (nSPS) is 18.1. The van der Waals surface area contributed by atoms with Crippen molar-refractivity contribution < 1.29 is 13.2 Å². The van der Waals surface area contributed by atoms with Crippen LogP contribution in [-0.2, 0) is 14.8 Å². The Morgan fingerprint density at radius 1 is 1.16 bits per heavy atom. The Morgan fingerprint density at radius 3 is 2.58 bits per heavy atom. The Hall–Kier alpha value is -1.60. The molecule has 2 N–H and O–H groups in total. The summed E-state index contributed by atoms with van der Waals surface area (Å²) >= 11 is 0. The van der Waals surface area contributed by atoms with Crippen LogP contribution in [0.1, 0.15) is 91.9 Å². The summed E-state index contributed by atoms with van der Waals surface area (Å²) in [5.74, 6) is -0.0613. The molecule has 1 fully saturated rings. The van der Waals surface area contributed by atoms with E-state index in [0.29, 0.717) is 18.5 Å². The van der Waals surface area contributed by atoms with E-state index in [2.05, 4.69) is 28.8 Å². The maximum Gasteiger partial charge on any atom is 0.242 e. The van der Waals surface area contributed by atoms with Gasteiger partial charge in [-0.1, -0.05) is 39.5 Å². The van der Waals surface area contributed by atoms with Gasteiger partial charge >= 0.3 is 0 Å². The fourth-order valence-corrected chi connectivity index (χ4v) is 5.59. The minimum Gasteiger partial charge on any atom is -0.368 e. The van der Waals surface area contributed by atoms with Crippen LogP contribution in [0, 0.1) is 0 Å². The molecule has 1 aliphatic heterocycles. The standard InChI is InChI=1S/C24H41N3O3S/c1-5-7-8-9-10-14-24(28)25-21-15-16-22(27-17-12-11-13-20(27)4)23(18-21)31(29,30)26-19(3)6-2/h15-16,18-20,26H,5-14,17H2,1-4H3,(H,25,28). The molecule has 0 aromatic heterocycles. The number of benzene rings is 1. The number of anilines is 2. The van der Waals surface area contributed by atoms with Gasteiger partial charge in [-0.15, -0.1) is 0 Å². The SMILES string of the molecule is CCCCCCCC(=O)Nc1ccc(N2CCCCC2C)c(S(=O)(=O)NC(C)CC)c1. The molecule has 1 saturated heterocycles. The first-order valence-electron chi connectivity index (χ1n) is 12.0. The number of rotatable bonds is 12. The van der Waals surface area contributed by atoms with Gasteiger partial charge in [0.2, 0.25) is 15.9 Å². The van der Waals surface area contributed by atoms with Crippen LogP contribution in [-0.4, -0.2) is 33.0 Å². The fraction of sp³-hybridized carbons (Fsp3) is 0.708. The first-order valence-corrected chi connectivity index (χ1v) is 13.5. The lowest BCUT2D eigenvalue weighted by atomic mass is 10.0. The van der Waals surface area contributed by atoms with Crippen molar-refractivity contribution >= 4 is 27.3 Å². The van der Waals surface area contributed by atoms with Crippen molar-refractivity contribution in [3.8, 4) is 0 Å². The van der Waals surface area contributed by atoms with Gasteiger partial charge in [-0.3, -0.25) is 4.79 Å². The highest BCUT2D eigenvalue weighted by Crippen LogP contribution is 2.33. The number of hydrogen-bond acceptors (Lipinski definition) is 4. The van der Waals surface area contributed by atoms with Gasteiger partial charge in [-0.25, -0.2) is 13.1 Å². The first kappa shape index (κ1) is 25.7. The Kier molecular flexibility index (Phi) is 10.3. The Morgan fingerprint density at radius 2 is 1.90 bits per heavy atom. The van der Waals surface area contributed by atoms with Gasteiger partial charge in [-0.05, 0) is 64.2 Å². The largest absolute Gasteiger partial charge is 0.368 e. The zero-order valence-corrected chi connectivity index (χ0v) is 20.6. The summed E-state index contributed by atoms with van der Waals surface area (Å²) in [7, 11) is -3.70. The molecule has 2 rings (SSSR count). The Bertz CT molecular complexity index is 810. The highest BCUT2D eigenvalue weighted by atomic mass is 32.2. The lowest BCUT2D eigenvalue weighted by Gasteiger charge is -2.36. The lowest BCUT2D eigenvalue weighted by molar-refractivity contribution is -0.116. The molecule has 1 amide bonds. The van der Waals surface area contributed by atoms with Crippen molar-refractivity contribution in [3.05, 3.63) is 18.2 Å². The van der Waals surface area contributed by atoms with E-state index < -0.39 is 10.0 Å². The third-order valence-corrected chi connectivity index (χ3v) is 7.74. The van der Waals surface area contributed by atoms with Gasteiger partial charge in [-0.2, -0.15) is 0 Å². The van der Waals surface area contributed by atoms with E-state index in [4.69, 9.17) is 0 Å². The molecule has 1 aromatic rings. The molecule has 31 heavy (non-hydrogen) atoms. The topological polar surface area (TPSA) is 78.5 Å². The zero-order chi connectivity index (χ0) is 22.9.